The van der Waals surface area contributed by atoms with Crippen molar-refractivity contribution in [3.05, 3.63) is 51.2 Å². The zero-order valence-corrected chi connectivity index (χ0v) is 19.7. The van der Waals surface area contributed by atoms with Crippen molar-refractivity contribution in [2.24, 2.45) is 0 Å². The lowest BCUT2D eigenvalue weighted by atomic mass is 10.0. The maximum absolute atomic E-state index is 13.3. The molecular formula is C23H31ClN2O4S. The molecular weight excluding hydrogens is 436 g/mol. The number of methoxy groups -OCH3 is 1. The van der Waals surface area contributed by atoms with Gasteiger partial charge in [0.2, 0.25) is 5.91 Å². The first-order chi connectivity index (χ1) is 15.0. The molecule has 0 spiro atoms. The van der Waals surface area contributed by atoms with Crippen LogP contribution in [0.2, 0.25) is 5.02 Å². The lowest BCUT2D eigenvalue weighted by Crippen LogP contribution is -2.48. The number of hydrogen-bond acceptors (Lipinski definition) is 6. The molecule has 1 aliphatic heterocycles. The summed E-state index contributed by atoms with van der Waals surface area (Å²) in [4.78, 5) is 18.5. The van der Waals surface area contributed by atoms with E-state index in [1.165, 1.54) is 4.88 Å². The molecule has 2 heterocycles. The van der Waals surface area contributed by atoms with Gasteiger partial charge >= 0.3 is 0 Å². The smallest absolute Gasteiger partial charge is 0.237 e. The van der Waals surface area contributed by atoms with Crippen molar-refractivity contribution >= 4 is 28.8 Å². The van der Waals surface area contributed by atoms with Gasteiger partial charge in [0.25, 0.3) is 0 Å². The van der Waals surface area contributed by atoms with Gasteiger partial charge in [0.1, 0.15) is 12.4 Å². The number of aliphatic hydroxyl groups excluding tert-OH is 1. The fourth-order valence-corrected chi connectivity index (χ4v) is 4.80. The van der Waals surface area contributed by atoms with Gasteiger partial charge in [-0.05, 0) is 54.1 Å². The standard InChI is InChI=1S/C23H31ClN2O4S/c1-3-18(27)14-25(11-12-29-2)15-23(28)26-10-8-22-20(9-13-31-22)21(26)16-30-19-6-4-17(24)5-7-19/h4-7,9,13,18,21,27H,3,8,10-12,14-16H2,1-2H3/t18-,21-/m0/s1. The van der Waals surface area contributed by atoms with Crippen molar-refractivity contribution < 1.29 is 19.4 Å². The zero-order valence-electron chi connectivity index (χ0n) is 18.1. The molecule has 0 radical (unpaired) electrons. The van der Waals surface area contributed by atoms with E-state index in [2.05, 4.69) is 11.4 Å². The number of ether oxygens (including phenoxy) is 2. The van der Waals surface area contributed by atoms with E-state index >= 15 is 0 Å². The summed E-state index contributed by atoms with van der Waals surface area (Å²) in [7, 11) is 1.64. The number of rotatable bonds is 11. The van der Waals surface area contributed by atoms with Gasteiger partial charge in [-0.1, -0.05) is 18.5 Å². The molecule has 2 atom stereocenters. The summed E-state index contributed by atoms with van der Waals surface area (Å²) in [6.07, 6.45) is 1.04. The molecule has 1 aromatic carbocycles. The minimum atomic E-state index is -0.460. The van der Waals surface area contributed by atoms with Gasteiger partial charge in [-0.3, -0.25) is 9.69 Å². The van der Waals surface area contributed by atoms with Gasteiger partial charge in [0.05, 0.1) is 25.3 Å². The molecule has 1 aromatic heterocycles. The third-order valence-corrected chi connectivity index (χ3v) is 6.80. The van der Waals surface area contributed by atoms with E-state index < -0.39 is 6.10 Å². The Hall–Kier alpha value is -1.64. The van der Waals surface area contributed by atoms with Crippen molar-refractivity contribution in [2.45, 2.75) is 31.9 Å². The summed E-state index contributed by atoms with van der Waals surface area (Å²) < 4.78 is 11.2. The van der Waals surface area contributed by atoms with Crippen LogP contribution in [0.4, 0.5) is 0 Å². The summed E-state index contributed by atoms with van der Waals surface area (Å²) in [5.74, 6) is 0.771. The molecule has 0 aliphatic carbocycles. The van der Waals surface area contributed by atoms with Crippen LogP contribution in [0.3, 0.4) is 0 Å². The number of benzene rings is 1. The molecule has 6 nitrogen and oxygen atoms in total. The fourth-order valence-electron chi connectivity index (χ4n) is 3.75. The summed E-state index contributed by atoms with van der Waals surface area (Å²) in [6.45, 7) is 4.80. The predicted molar refractivity (Wildman–Crippen MR) is 124 cm³/mol. The number of hydrogen-bond donors (Lipinski definition) is 1. The second kappa shape index (κ2) is 11.8. The summed E-state index contributed by atoms with van der Waals surface area (Å²) in [6, 6.07) is 9.22. The van der Waals surface area contributed by atoms with E-state index in [-0.39, 0.29) is 18.5 Å². The molecule has 0 fully saturated rings. The normalized spacial score (nSPS) is 16.9. The van der Waals surface area contributed by atoms with E-state index in [1.807, 2.05) is 28.9 Å². The maximum atomic E-state index is 13.3. The number of halogens is 1. The lowest BCUT2D eigenvalue weighted by molar-refractivity contribution is -0.136. The number of nitrogens with zero attached hydrogens (tertiary/aromatic N) is 2. The van der Waals surface area contributed by atoms with E-state index in [4.69, 9.17) is 21.1 Å². The third-order valence-electron chi connectivity index (χ3n) is 5.55. The Kier molecular flexibility index (Phi) is 9.16. The molecule has 8 heteroatoms. The summed E-state index contributed by atoms with van der Waals surface area (Å²) in [5, 5.41) is 12.8. The van der Waals surface area contributed by atoms with Crippen molar-refractivity contribution in [1.29, 1.82) is 0 Å². The average molecular weight is 467 g/mol. The van der Waals surface area contributed by atoms with Crippen LogP contribution in [-0.4, -0.2) is 73.4 Å². The second-order valence-corrected chi connectivity index (χ2v) is 9.14. The van der Waals surface area contributed by atoms with Crippen LogP contribution in [0, 0.1) is 0 Å². The number of thiophene rings is 1. The molecule has 1 N–H and O–H groups in total. The number of fused-ring (bicyclic) bond motifs is 1. The molecule has 170 valence electrons. The molecule has 0 saturated carbocycles. The Labute approximate surface area is 193 Å². The summed E-state index contributed by atoms with van der Waals surface area (Å²) >= 11 is 7.70. The maximum Gasteiger partial charge on any atom is 0.237 e. The van der Waals surface area contributed by atoms with Crippen LogP contribution in [0.5, 0.6) is 5.75 Å². The fraction of sp³-hybridized carbons (Fsp3) is 0.522. The first-order valence-electron chi connectivity index (χ1n) is 10.6. The Morgan fingerprint density at radius 1 is 1.35 bits per heavy atom. The van der Waals surface area contributed by atoms with Gasteiger partial charge in [-0.2, -0.15) is 0 Å². The Morgan fingerprint density at radius 2 is 2.13 bits per heavy atom. The van der Waals surface area contributed by atoms with Crippen molar-refractivity contribution in [3.8, 4) is 5.75 Å². The lowest BCUT2D eigenvalue weighted by Gasteiger charge is -2.37. The SMILES string of the molecule is CC[C@H](O)CN(CCOC)CC(=O)N1CCc2sccc2[C@@H]1COc1ccc(Cl)cc1. The Balaban J connectivity index is 1.71. The monoisotopic (exact) mass is 466 g/mol. The Morgan fingerprint density at radius 3 is 2.84 bits per heavy atom. The molecule has 0 bridgehead atoms. The van der Waals surface area contributed by atoms with E-state index in [1.54, 1.807) is 30.6 Å². The van der Waals surface area contributed by atoms with Gasteiger partial charge in [-0.15, -0.1) is 11.3 Å². The minimum Gasteiger partial charge on any atom is -0.491 e. The molecule has 31 heavy (non-hydrogen) atoms. The predicted octanol–water partition coefficient (Wildman–Crippen LogP) is 3.63. The molecule has 3 rings (SSSR count). The van der Waals surface area contributed by atoms with Crippen LogP contribution in [0.25, 0.3) is 0 Å². The topological polar surface area (TPSA) is 62.2 Å². The van der Waals surface area contributed by atoms with Crippen LogP contribution >= 0.6 is 22.9 Å². The highest BCUT2D eigenvalue weighted by atomic mass is 35.5. The van der Waals surface area contributed by atoms with Crippen LogP contribution < -0.4 is 4.74 Å². The highest BCUT2D eigenvalue weighted by molar-refractivity contribution is 7.10. The minimum absolute atomic E-state index is 0.0426. The van der Waals surface area contributed by atoms with Gasteiger partial charge in [0.15, 0.2) is 0 Å². The highest BCUT2D eigenvalue weighted by Crippen LogP contribution is 2.34. The van der Waals surface area contributed by atoms with E-state index in [9.17, 15) is 9.90 Å². The molecule has 0 saturated heterocycles. The van der Waals surface area contributed by atoms with E-state index in [0.717, 1.165) is 17.7 Å². The number of carbonyl (C=O) groups excluding carboxylic acids is 1. The first-order valence-corrected chi connectivity index (χ1v) is 11.9. The van der Waals surface area contributed by atoms with Crippen LogP contribution in [0.15, 0.2) is 35.7 Å². The largest absolute Gasteiger partial charge is 0.491 e. The molecule has 1 aliphatic rings. The number of aliphatic hydroxyl groups is 1. The van der Waals surface area contributed by atoms with Crippen molar-refractivity contribution in [3.63, 3.8) is 0 Å². The van der Waals surface area contributed by atoms with Gasteiger partial charge in [-0.25, -0.2) is 0 Å². The van der Waals surface area contributed by atoms with Crippen molar-refractivity contribution in [2.75, 3.05) is 46.5 Å². The Bertz CT molecular complexity index is 829. The van der Waals surface area contributed by atoms with Gasteiger partial charge < -0.3 is 19.5 Å². The quantitative estimate of drug-likeness (QED) is 0.548. The van der Waals surface area contributed by atoms with Gasteiger partial charge in [0, 0.05) is 36.6 Å². The zero-order chi connectivity index (χ0) is 22.2. The van der Waals surface area contributed by atoms with Crippen molar-refractivity contribution in [1.82, 2.24) is 9.80 Å². The number of amides is 1. The average Bonchev–Trinajstić information content (AvgIpc) is 3.25. The highest BCUT2D eigenvalue weighted by Gasteiger charge is 2.33. The van der Waals surface area contributed by atoms with E-state index in [0.29, 0.717) is 44.3 Å². The second-order valence-electron chi connectivity index (χ2n) is 7.71. The molecule has 2 aromatic rings. The molecule has 1 amide bonds. The first kappa shape index (κ1) is 24.0. The number of carbonyl (C=O) groups is 1. The molecule has 0 unspecified atom stereocenters. The summed E-state index contributed by atoms with van der Waals surface area (Å²) in [5.41, 5.74) is 1.16. The third kappa shape index (κ3) is 6.67. The van der Waals surface area contributed by atoms with Crippen LogP contribution in [0.1, 0.15) is 29.8 Å². The van der Waals surface area contributed by atoms with Crippen LogP contribution in [-0.2, 0) is 16.0 Å².